The van der Waals surface area contributed by atoms with E-state index in [1.807, 2.05) is 52.8 Å². The van der Waals surface area contributed by atoms with E-state index in [0.717, 1.165) is 12.8 Å². The van der Waals surface area contributed by atoms with Gasteiger partial charge < -0.3 is 9.80 Å². The normalized spacial score (nSPS) is 21.5. The molecule has 2 rings (SSSR count). The second kappa shape index (κ2) is 6.97. The monoisotopic (exact) mass is 290 g/mol. The molecule has 1 aromatic rings. The Balaban J connectivity index is 0.00000106. The Kier molecular flexibility index (Phi) is 5.82. The van der Waals surface area contributed by atoms with Crippen molar-refractivity contribution in [2.75, 3.05) is 19.0 Å². The highest BCUT2D eigenvalue weighted by Crippen LogP contribution is 2.30. The Morgan fingerprint density at radius 3 is 2.33 bits per heavy atom. The van der Waals surface area contributed by atoms with Crippen molar-refractivity contribution in [3.8, 4) is 0 Å². The number of para-hydroxylation sites is 1. The summed E-state index contributed by atoms with van der Waals surface area (Å²) >= 11 is 0. The maximum absolute atomic E-state index is 12.7. The first-order valence-electron chi connectivity index (χ1n) is 7.94. The van der Waals surface area contributed by atoms with E-state index < -0.39 is 5.54 Å². The van der Waals surface area contributed by atoms with Crippen molar-refractivity contribution in [1.29, 1.82) is 0 Å². The molecule has 0 aromatic heterocycles. The van der Waals surface area contributed by atoms with E-state index in [4.69, 9.17) is 0 Å². The van der Waals surface area contributed by atoms with Crippen LogP contribution in [0.2, 0.25) is 0 Å². The topological polar surface area (TPSA) is 23.6 Å². The van der Waals surface area contributed by atoms with Gasteiger partial charge in [-0.15, -0.1) is 0 Å². The minimum absolute atomic E-state index is 0.180. The third-order valence-electron chi connectivity index (χ3n) is 4.53. The van der Waals surface area contributed by atoms with Crippen LogP contribution >= 0.6 is 0 Å². The Hall–Kier alpha value is -1.51. The third-order valence-corrected chi connectivity index (χ3v) is 4.53. The molecule has 1 unspecified atom stereocenters. The molecule has 3 heteroatoms. The highest BCUT2D eigenvalue weighted by molar-refractivity contribution is 5.89. The van der Waals surface area contributed by atoms with Crippen molar-refractivity contribution in [3.63, 3.8) is 0 Å². The van der Waals surface area contributed by atoms with Gasteiger partial charge in [0, 0.05) is 25.8 Å². The summed E-state index contributed by atoms with van der Waals surface area (Å²) in [6.07, 6.45) is 2.01. The van der Waals surface area contributed by atoms with Crippen LogP contribution in [0.4, 0.5) is 5.69 Å². The van der Waals surface area contributed by atoms with Gasteiger partial charge in [-0.3, -0.25) is 4.79 Å². The summed E-state index contributed by atoms with van der Waals surface area (Å²) in [7, 11) is 3.93. The van der Waals surface area contributed by atoms with Gasteiger partial charge in [-0.05, 0) is 45.2 Å². The molecule has 1 amide bonds. The fourth-order valence-electron chi connectivity index (χ4n) is 2.68. The molecule has 1 aliphatic rings. The van der Waals surface area contributed by atoms with Gasteiger partial charge in [0.2, 0.25) is 5.91 Å². The quantitative estimate of drug-likeness (QED) is 0.727. The molecule has 21 heavy (non-hydrogen) atoms. The van der Waals surface area contributed by atoms with Crippen molar-refractivity contribution in [3.05, 3.63) is 29.8 Å². The Morgan fingerprint density at radius 2 is 1.71 bits per heavy atom. The number of carbonyl (C=O) groups excluding carboxylic acids is 1. The number of hydrogen-bond donors (Lipinski definition) is 0. The molecule has 1 heterocycles. The molecule has 0 radical (unpaired) electrons. The van der Waals surface area contributed by atoms with Gasteiger partial charge in [-0.2, -0.15) is 0 Å². The maximum Gasteiger partial charge on any atom is 0.247 e. The Morgan fingerprint density at radius 1 is 1.14 bits per heavy atom. The molecule has 0 N–H and O–H groups in total. The lowest BCUT2D eigenvalue weighted by molar-refractivity contribution is -0.136. The van der Waals surface area contributed by atoms with Crippen LogP contribution < -0.4 is 4.90 Å². The van der Waals surface area contributed by atoms with Crippen LogP contribution in [0.15, 0.2) is 24.3 Å². The predicted molar refractivity (Wildman–Crippen MR) is 90.8 cm³/mol. The van der Waals surface area contributed by atoms with Crippen LogP contribution in [-0.2, 0) is 11.2 Å². The van der Waals surface area contributed by atoms with Gasteiger partial charge in [0.15, 0.2) is 0 Å². The van der Waals surface area contributed by atoms with Crippen molar-refractivity contribution < 1.29 is 4.79 Å². The number of amides is 1. The summed E-state index contributed by atoms with van der Waals surface area (Å²) in [6.45, 7) is 10.1. The van der Waals surface area contributed by atoms with E-state index in [-0.39, 0.29) is 11.9 Å². The number of nitrogens with zero attached hydrogens (tertiary/aromatic N) is 2. The number of rotatable bonds is 0. The summed E-state index contributed by atoms with van der Waals surface area (Å²) in [5.74, 6) is 0.180. The molecule has 3 nitrogen and oxygen atoms in total. The van der Waals surface area contributed by atoms with E-state index in [2.05, 4.69) is 30.0 Å². The maximum atomic E-state index is 12.7. The first kappa shape index (κ1) is 17.5. The predicted octanol–water partition coefficient (Wildman–Crippen LogP) is 3.72. The van der Waals surface area contributed by atoms with Crippen molar-refractivity contribution in [1.82, 2.24) is 4.90 Å². The molecule has 0 bridgehead atoms. The van der Waals surface area contributed by atoms with Crippen molar-refractivity contribution in [2.45, 2.75) is 59.0 Å². The highest BCUT2D eigenvalue weighted by Gasteiger charge is 2.37. The number of fused-ring (bicyclic) bond motifs is 1. The number of likely N-dealkylation sites (N-methyl/N-ethyl adjacent to an activating group) is 2. The summed E-state index contributed by atoms with van der Waals surface area (Å²) in [5, 5.41) is 0. The van der Waals surface area contributed by atoms with Crippen LogP contribution in [0.25, 0.3) is 0 Å². The van der Waals surface area contributed by atoms with E-state index in [9.17, 15) is 4.79 Å². The molecule has 0 saturated carbocycles. The molecule has 0 saturated heterocycles. The zero-order valence-electron chi connectivity index (χ0n) is 14.6. The third kappa shape index (κ3) is 3.39. The number of benzene rings is 1. The van der Waals surface area contributed by atoms with Gasteiger partial charge >= 0.3 is 0 Å². The van der Waals surface area contributed by atoms with Crippen molar-refractivity contribution >= 4 is 11.6 Å². The van der Waals surface area contributed by atoms with Crippen LogP contribution in [0, 0.1) is 0 Å². The second-order valence-electron chi connectivity index (χ2n) is 6.05. The second-order valence-corrected chi connectivity index (χ2v) is 6.05. The summed E-state index contributed by atoms with van der Waals surface area (Å²) in [6, 6.07) is 8.67. The lowest BCUT2D eigenvalue weighted by atomic mass is 9.99. The molecular formula is C18H30N2O. The molecule has 0 spiro atoms. The molecule has 0 fully saturated rings. The zero-order chi connectivity index (χ0) is 16.2. The fourth-order valence-corrected chi connectivity index (χ4v) is 2.68. The first-order valence-corrected chi connectivity index (χ1v) is 7.94. The lowest BCUT2D eigenvalue weighted by Gasteiger charge is -2.39. The number of carbonyl (C=O) groups is 1. The number of aryl methyl sites for hydroxylation is 1. The smallest absolute Gasteiger partial charge is 0.247 e. The van der Waals surface area contributed by atoms with Gasteiger partial charge in [-0.25, -0.2) is 0 Å². The lowest BCUT2D eigenvalue weighted by Crippen LogP contribution is -2.55. The molecule has 1 aromatic carbocycles. The molecule has 0 aliphatic carbocycles. The van der Waals surface area contributed by atoms with Gasteiger partial charge in [0.25, 0.3) is 0 Å². The van der Waals surface area contributed by atoms with E-state index in [0.29, 0.717) is 0 Å². The number of anilines is 1. The van der Waals surface area contributed by atoms with E-state index >= 15 is 0 Å². The summed E-state index contributed by atoms with van der Waals surface area (Å²) in [4.78, 5) is 16.7. The minimum atomic E-state index is -0.524. The Labute approximate surface area is 129 Å². The van der Waals surface area contributed by atoms with Crippen LogP contribution in [0.3, 0.4) is 0 Å². The highest BCUT2D eigenvalue weighted by atomic mass is 16.2. The molecular weight excluding hydrogens is 260 g/mol. The van der Waals surface area contributed by atoms with Crippen LogP contribution in [0.1, 0.15) is 46.6 Å². The zero-order valence-corrected chi connectivity index (χ0v) is 14.6. The molecule has 1 aliphatic heterocycles. The fraction of sp³-hybridized carbons (Fsp3) is 0.611. The van der Waals surface area contributed by atoms with E-state index in [1.165, 1.54) is 11.3 Å². The number of hydrogen-bond acceptors (Lipinski definition) is 2. The van der Waals surface area contributed by atoms with Gasteiger partial charge in [-0.1, -0.05) is 32.0 Å². The SMILES string of the molecule is CC.CC1CCc2ccccc2N(C)C(C)(C)C(=O)N1C. The van der Waals surface area contributed by atoms with Crippen LogP contribution in [0.5, 0.6) is 0 Å². The van der Waals surface area contributed by atoms with Gasteiger partial charge in [0.1, 0.15) is 5.54 Å². The average molecular weight is 290 g/mol. The van der Waals surface area contributed by atoms with Crippen molar-refractivity contribution in [2.24, 2.45) is 0 Å². The van der Waals surface area contributed by atoms with E-state index in [1.54, 1.807) is 0 Å². The molecule has 118 valence electrons. The first-order chi connectivity index (χ1) is 9.85. The Bertz CT molecular complexity index is 482. The minimum Gasteiger partial charge on any atom is -0.360 e. The largest absolute Gasteiger partial charge is 0.360 e. The summed E-state index contributed by atoms with van der Waals surface area (Å²) < 4.78 is 0. The van der Waals surface area contributed by atoms with Crippen LogP contribution in [-0.4, -0.2) is 36.5 Å². The standard InChI is InChI=1S/C16H24N2O.C2H6/c1-12-10-11-13-8-6-7-9-14(13)18(5)16(2,3)15(19)17(12)4;1-2/h6-9,12H,10-11H2,1-5H3;1-2H3. The molecule has 1 atom stereocenters. The average Bonchev–Trinajstić information content (AvgIpc) is 2.53. The van der Waals surface area contributed by atoms with Gasteiger partial charge in [0.05, 0.1) is 0 Å². The summed E-state index contributed by atoms with van der Waals surface area (Å²) in [5.41, 5.74) is 1.97.